The van der Waals surface area contributed by atoms with Crippen LogP contribution in [0.1, 0.15) is 38.3 Å². The molecule has 0 spiro atoms. The molecule has 9 heteroatoms. The fourth-order valence-electron chi connectivity index (χ4n) is 4.05. The van der Waals surface area contributed by atoms with Gasteiger partial charge in [0.15, 0.2) is 0 Å². The van der Waals surface area contributed by atoms with Gasteiger partial charge in [-0.1, -0.05) is 66.7 Å². The first-order chi connectivity index (χ1) is 19.3. The lowest BCUT2D eigenvalue weighted by Crippen LogP contribution is -2.35. The second-order valence-corrected chi connectivity index (χ2v) is 10.8. The molecule has 1 aromatic heterocycles. The third-order valence-electron chi connectivity index (χ3n) is 6.19. The lowest BCUT2D eigenvalue weighted by Gasteiger charge is -2.18. The van der Waals surface area contributed by atoms with Crippen molar-refractivity contribution in [3.63, 3.8) is 0 Å². The first-order valence-electron chi connectivity index (χ1n) is 12.6. The molecule has 0 aliphatic heterocycles. The largest absolute Gasteiger partial charge is 0.348 e. The van der Waals surface area contributed by atoms with Crippen LogP contribution in [0, 0.1) is 0 Å². The summed E-state index contributed by atoms with van der Waals surface area (Å²) in [5, 5.41) is 4.22. The van der Waals surface area contributed by atoms with Gasteiger partial charge in [0.1, 0.15) is 0 Å². The second-order valence-electron chi connectivity index (χ2n) is 8.97. The zero-order valence-electron chi connectivity index (χ0n) is 21.5. The van der Waals surface area contributed by atoms with Crippen LogP contribution in [0.25, 0.3) is 0 Å². The average Bonchev–Trinajstić information content (AvgIpc) is 3.00. The van der Waals surface area contributed by atoms with E-state index in [1.165, 1.54) is 36.7 Å². The highest BCUT2D eigenvalue weighted by Gasteiger charge is 2.24. The Hall–Kier alpha value is -4.63. The summed E-state index contributed by atoms with van der Waals surface area (Å²) < 4.78 is 40.9. The van der Waals surface area contributed by atoms with E-state index in [2.05, 4.69) is 15.6 Å². The Morgan fingerprint density at radius 1 is 0.825 bits per heavy atom. The third-order valence-corrected chi connectivity index (χ3v) is 7.73. The van der Waals surface area contributed by atoms with Gasteiger partial charge in [0.2, 0.25) is 15.0 Å². The Morgan fingerprint density at radius 2 is 1.45 bits per heavy atom. The van der Waals surface area contributed by atoms with Gasteiger partial charge in [-0.15, -0.1) is 0 Å². The Morgan fingerprint density at radius 3 is 2.15 bits per heavy atom. The Balaban J connectivity index is 1.54. The first kappa shape index (κ1) is 28.4. The van der Waals surface area contributed by atoms with E-state index in [0.717, 1.165) is 11.6 Å². The lowest BCUT2D eigenvalue weighted by atomic mass is 10.0. The number of sulfone groups is 1. The van der Waals surface area contributed by atoms with E-state index in [1.807, 2.05) is 30.3 Å². The van der Waals surface area contributed by atoms with Crippen LogP contribution in [0.3, 0.4) is 0 Å². The number of amides is 2. The van der Waals surface area contributed by atoms with E-state index in [4.69, 9.17) is 0 Å². The summed E-state index contributed by atoms with van der Waals surface area (Å²) in [6.07, 6.45) is 4.70. The molecule has 1 atom stereocenters. The van der Waals surface area contributed by atoms with Gasteiger partial charge in [0.25, 0.3) is 11.8 Å². The van der Waals surface area contributed by atoms with Crippen molar-refractivity contribution in [3.8, 4) is 0 Å². The number of hydrogen-bond donors (Lipinski definition) is 2. The van der Waals surface area contributed by atoms with Crippen molar-refractivity contribution >= 4 is 21.7 Å². The maximum absolute atomic E-state index is 15.2. The van der Waals surface area contributed by atoms with Crippen LogP contribution in [0.15, 0.2) is 126 Å². The Bertz CT molecular complexity index is 1580. The molecule has 4 aromatic rings. The number of aryl methyl sites for hydroxylation is 1. The number of carbonyl (C=O) groups is 2. The standard InChI is InChI=1S/C31H28FN3O4S/c32-29(40(38,39)27-12-5-2-6-13-27)21-26(16-15-23-9-3-1-4-10-23)35-31(37)28-14-8-7-11-25(28)22-34-30(36)24-17-19-33-20-18-24/h1-14,17-21,26H,15-16,22H2,(H,34,36)(H,35,37)/b29-21+/t26-/m0/s1. The van der Waals surface area contributed by atoms with Crippen molar-refractivity contribution in [2.24, 2.45) is 0 Å². The van der Waals surface area contributed by atoms with E-state index >= 15 is 4.39 Å². The third kappa shape index (κ3) is 7.48. The zero-order chi connectivity index (χ0) is 28.4. The molecule has 0 radical (unpaired) electrons. The van der Waals surface area contributed by atoms with Crippen molar-refractivity contribution < 1.29 is 22.4 Å². The fourth-order valence-corrected chi connectivity index (χ4v) is 5.13. The molecular weight excluding hydrogens is 529 g/mol. The van der Waals surface area contributed by atoms with Gasteiger partial charge in [-0.05, 0) is 60.4 Å². The Kier molecular flexibility index (Phi) is 9.53. The summed E-state index contributed by atoms with van der Waals surface area (Å²) >= 11 is 0. The van der Waals surface area contributed by atoms with Gasteiger partial charge in [0.05, 0.1) is 10.9 Å². The number of pyridine rings is 1. The quantitative estimate of drug-likeness (QED) is 0.269. The summed E-state index contributed by atoms with van der Waals surface area (Å²) in [4.78, 5) is 29.6. The second kappa shape index (κ2) is 13.4. The van der Waals surface area contributed by atoms with Gasteiger partial charge in [0, 0.05) is 30.1 Å². The van der Waals surface area contributed by atoms with E-state index in [9.17, 15) is 18.0 Å². The SMILES string of the molecule is O=C(NCc1ccccc1C(=O)N[C@H](/C=C(\F)S(=O)(=O)c1ccccc1)CCc1ccccc1)c1ccncc1. The highest BCUT2D eigenvalue weighted by molar-refractivity contribution is 7.95. The summed E-state index contributed by atoms with van der Waals surface area (Å²) in [7, 11) is -4.38. The molecule has 0 unspecified atom stereocenters. The van der Waals surface area contributed by atoms with Crippen LogP contribution in [0.2, 0.25) is 0 Å². The highest BCUT2D eigenvalue weighted by Crippen LogP contribution is 2.21. The van der Waals surface area contributed by atoms with Gasteiger partial charge < -0.3 is 10.6 Å². The van der Waals surface area contributed by atoms with Gasteiger partial charge in [-0.3, -0.25) is 14.6 Å². The molecule has 2 amide bonds. The number of aromatic nitrogens is 1. The molecule has 0 fully saturated rings. The molecular formula is C31H28FN3O4S. The van der Waals surface area contributed by atoms with Crippen LogP contribution in [0.5, 0.6) is 0 Å². The van der Waals surface area contributed by atoms with Gasteiger partial charge >= 0.3 is 0 Å². The number of rotatable bonds is 11. The monoisotopic (exact) mass is 557 g/mol. The molecule has 3 aromatic carbocycles. The van der Waals surface area contributed by atoms with Crippen molar-refractivity contribution in [3.05, 3.63) is 143 Å². The number of carbonyl (C=O) groups excluding carboxylic acids is 2. The molecule has 4 rings (SSSR count). The minimum atomic E-state index is -4.38. The lowest BCUT2D eigenvalue weighted by molar-refractivity contribution is 0.0929. The molecule has 40 heavy (non-hydrogen) atoms. The Labute approximate surface area is 232 Å². The van der Waals surface area contributed by atoms with Gasteiger partial charge in [-0.25, -0.2) is 8.42 Å². The fraction of sp³-hybridized carbons (Fsp3) is 0.129. The average molecular weight is 558 g/mol. The normalized spacial score (nSPS) is 12.4. The van der Waals surface area contributed by atoms with Crippen LogP contribution >= 0.6 is 0 Å². The molecule has 0 aliphatic carbocycles. The molecule has 0 saturated heterocycles. The highest BCUT2D eigenvalue weighted by atomic mass is 32.2. The number of hydrogen-bond acceptors (Lipinski definition) is 5. The van der Waals surface area contributed by atoms with Crippen molar-refractivity contribution in [1.29, 1.82) is 0 Å². The predicted octanol–water partition coefficient (Wildman–Crippen LogP) is 5.03. The molecule has 0 saturated carbocycles. The van der Waals surface area contributed by atoms with Crippen LogP contribution < -0.4 is 10.6 Å². The number of nitrogens with zero attached hydrogens (tertiary/aromatic N) is 1. The summed E-state index contributed by atoms with van der Waals surface area (Å²) in [6, 6.07) is 25.7. The van der Waals surface area contributed by atoms with E-state index < -0.39 is 26.9 Å². The minimum Gasteiger partial charge on any atom is -0.348 e. The smallest absolute Gasteiger partial charge is 0.252 e. The van der Waals surface area contributed by atoms with Crippen molar-refractivity contribution in [2.75, 3.05) is 0 Å². The molecule has 1 heterocycles. The number of nitrogens with one attached hydrogen (secondary N) is 2. The minimum absolute atomic E-state index is 0.0754. The van der Waals surface area contributed by atoms with E-state index in [-0.39, 0.29) is 29.3 Å². The predicted molar refractivity (Wildman–Crippen MR) is 151 cm³/mol. The van der Waals surface area contributed by atoms with E-state index in [1.54, 1.807) is 42.5 Å². The van der Waals surface area contributed by atoms with Crippen LogP contribution in [-0.4, -0.2) is 31.3 Å². The topological polar surface area (TPSA) is 105 Å². The summed E-state index contributed by atoms with van der Waals surface area (Å²) in [5.41, 5.74) is 2.21. The molecule has 0 bridgehead atoms. The molecule has 0 aliphatic rings. The van der Waals surface area contributed by atoms with Gasteiger partial charge in [-0.2, -0.15) is 4.39 Å². The molecule has 2 N–H and O–H groups in total. The number of halogens is 1. The maximum atomic E-state index is 15.2. The van der Waals surface area contributed by atoms with Crippen LogP contribution in [0.4, 0.5) is 4.39 Å². The van der Waals surface area contributed by atoms with Crippen LogP contribution in [-0.2, 0) is 22.8 Å². The summed E-state index contributed by atoms with van der Waals surface area (Å²) in [6.45, 7) is 0.0754. The molecule has 204 valence electrons. The summed E-state index contributed by atoms with van der Waals surface area (Å²) in [5.74, 6) is -0.845. The number of benzene rings is 3. The zero-order valence-corrected chi connectivity index (χ0v) is 22.4. The van der Waals surface area contributed by atoms with Crippen molar-refractivity contribution in [2.45, 2.75) is 30.3 Å². The first-order valence-corrected chi connectivity index (χ1v) is 14.1. The van der Waals surface area contributed by atoms with E-state index in [0.29, 0.717) is 17.5 Å². The van der Waals surface area contributed by atoms with Crippen molar-refractivity contribution in [1.82, 2.24) is 15.6 Å². The maximum Gasteiger partial charge on any atom is 0.252 e. The molecule has 7 nitrogen and oxygen atoms in total.